The molecule has 1 fully saturated rings. The fraction of sp³-hybridized carbons (Fsp3) is 0.529. The van der Waals surface area contributed by atoms with Crippen molar-refractivity contribution in [2.24, 2.45) is 5.41 Å². The Morgan fingerprint density at radius 3 is 2.39 bits per heavy atom. The van der Waals surface area contributed by atoms with Gasteiger partial charge in [-0.1, -0.05) is 13.3 Å². The summed E-state index contributed by atoms with van der Waals surface area (Å²) >= 11 is 0. The van der Waals surface area contributed by atoms with Gasteiger partial charge in [-0.2, -0.15) is 5.26 Å². The van der Waals surface area contributed by atoms with Crippen molar-refractivity contribution in [3.63, 3.8) is 0 Å². The van der Waals surface area contributed by atoms with E-state index >= 15 is 0 Å². The van der Waals surface area contributed by atoms with Crippen LogP contribution in [0.4, 0.5) is 0 Å². The lowest BCUT2D eigenvalue weighted by molar-refractivity contribution is -0.222. The van der Waals surface area contributed by atoms with Crippen LogP contribution in [0.5, 0.6) is 11.5 Å². The lowest BCUT2D eigenvalue weighted by Crippen LogP contribution is -2.48. The molecule has 0 saturated carbocycles. The molecule has 2 rings (SSSR count). The summed E-state index contributed by atoms with van der Waals surface area (Å²) in [6, 6.07) is 8.64. The quantitative estimate of drug-likeness (QED) is 0.592. The highest BCUT2D eigenvalue weighted by Gasteiger charge is 2.46. The average Bonchev–Trinajstić information content (AvgIpc) is 2.58. The standard InChI is InChI=1S/C17H21NO5/c1-3-5-15-21-11-17(10-18,12-22-15)16(19)23-14-8-6-13(7-9-14)20-4-2/h6-9,15H,3-5,11-12H2,1-2H3/t15-,17+. The van der Waals surface area contributed by atoms with E-state index in [1.165, 1.54) is 0 Å². The molecule has 1 aromatic rings. The Morgan fingerprint density at radius 1 is 1.26 bits per heavy atom. The van der Waals surface area contributed by atoms with E-state index in [1.807, 2.05) is 19.9 Å². The van der Waals surface area contributed by atoms with Crippen molar-refractivity contribution in [2.45, 2.75) is 33.0 Å². The molecule has 0 atom stereocenters. The predicted octanol–water partition coefficient (Wildman–Crippen LogP) is 2.67. The molecule has 1 aliphatic heterocycles. The Bertz CT molecular complexity index is 555. The van der Waals surface area contributed by atoms with E-state index in [-0.39, 0.29) is 19.5 Å². The van der Waals surface area contributed by atoms with Gasteiger partial charge in [-0.3, -0.25) is 0 Å². The molecule has 6 heteroatoms. The molecule has 0 bridgehead atoms. The number of carbonyl (C=O) groups is 1. The van der Waals surface area contributed by atoms with Crippen LogP contribution in [0.1, 0.15) is 26.7 Å². The van der Waals surface area contributed by atoms with Crippen LogP contribution in [0.25, 0.3) is 0 Å². The molecule has 0 aliphatic carbocycles. The average molecular weight is 319 g/mol. The van der Waals surface area contributed by atoms with Crippen LogP contribution in [-0.4, -0.2) is 32.1 Å². The zero-order valence-electron chi connectivity index (χ0n) is 13.4. The van der Waals surface area contributed by atoms with Gasteiger partial charge in [0.15, 0.2) is 6.29 Å². The Morgan fingerprint density at radius 2 is 1.87 bits per heavy atom. The zero-order chi connectivity index (χ0) is 16.7. The second kappa shape index (κ2) is 7.95. The smallest absolute Gasteiger partial charge is 0.336 e. The van der Waals surface area contributed by atoms with Crippen molar-refractivity contribution < 1.29 is 23.7 Å². The maximum Gasteiger partial charge on any atom is 0.336 e. The fourth-order valence-electron chi connectivity index (χ4n) is 2.17. The van der Waals surface area contributed by atoms with Crippen LogP contribution in [-0.2, 0) is 14.3 Å². The minimum atomic E-state index is -1.43. The largest absolute Gasteiger partial charge is 0.494 e. The van der Waals surface area contributed by atoms with Gasteiger partial charge in [0.25, 0.3) is 0 Å². The molecule has 1 aromatic carbocycles. The van der Waals surface area contributed by atoms with Crippen LogP contribution in [0.3, 0.4) is 0 Å². The number of rotatable bonds is 6. The van der Waals surface area contributed by atoms with Gasteiger partial charge in [0.2, 0.25) is 5.41 Å². The highest BCUT2D eigenvalue weighted by molar-refractivity contribution is 5.82. The van der Waals surface area contributed by atoms with Crippen molar-refractivity contribution in [2.75, 3.05) is 19.8 Å². The van der Waals surface area contributed by atoms with Crippen molar-refractivity contribution in [3.05, 3.63) is 24.3 Å². The Balaban J connectivity index is 1.99. The first-order valence-electron chi connectivity index (χ1n) is 7.73. The molecule has 0 unspecified atom stereocenters. The summed E-state index contributed by atoms with van der Waals surface area (Å²) in [4.78, 5) is 12.4. The monoisotopic (exact) mass is 319 g/mol. The Hall–Kier alpha value is -2.10. The summed E-state index contributed by atoms with van der Waals surface area (Å²) in [7, 11) is 0. The van der Waals surface area contributed by atoms with Gasteiger partial charge in [-0.05, 0) is 37.6 Å². The number of hydrogen-bond donors (Lipinski definition) is 0. The first kappa shape index (κ1) is 17.3. The molecular weight excluding hydrogens is 298 g/mol. The molecule has 124 valence electrons. The maximum absolute atomic E-state index is 12.4. The van der Waals surface area contributed by atoms with Crippen molar-refractivity contribution in [1.82, 2.24) is 0 Å². The van der Waals surface area contributed by atoms with E-state index in [9.17, 15) is 10.1 Å². The van der Waals surface area contributed by atoms with Gasteiger partial charge in [0, 0.05) is 0 Å². The number of nitriles is 1. The van der Waals surface area contributed by atoms with Gasteiger partial charge >= 0.3 is 5.97 Å². The van der Waals surface area contributed by atoms with Crippen LogP contribution < -0.4 is 9.47 Å². The molecular formula is C17H21NO5. The van der Waals surface area contributed by atoms with E-state index in [4.69, 9.17) is 18.9 Å². The summed E-state index contributed by atoms with van der Waals surface area (Å²) in [5.74, 6) is 0.372. The van der Waals surface area contributed by atoms with Gasteiger partial charge in [-0.25, -0.2) is 4.79 Å². The van der Waals surface area contributed by atoms with Gasteiger partial charge in [0.1, 0.15) is 11.5 Å². The molecule has 1 aliphatic rings. The summed E-state index contributed by atoms with van der Waals surface area (Å²) in [5.41, 5.74) is -1.43. The zero-order valence-corrected chi connectivity index (χ0v) is 13.4. The number of benzene rings is 1. The summed E-state index contributed by atoms with van der Waals surface area (Å²) in [6.07, 6.45) is 1.27. The SMILES string of the molecule is CCC[C@H]1OC[C@@](C#N)(C(=O)Oc2ccc(OCC)cc2)CO1. The molecule has 0 amide bonds. The van der Waals surface area contributed by atoms with Crippen LogP contribution in [0, 0.1) is 16.7 Å². The highest BCUT2D eigenvalue weighted by atomic mass is 16.7. The summed E-state index contributed by atoms with van der Waals surface area (Å²) < 4.78 is 21.6. The topological polar surface area (TPSA) is 77.8 Å². The van der Waals surface area contributed by atoms with Crippen molar-refractivity contribution in [1.29, 1.82) is 5.26 Å². The second-order valence-corrected chi connectivity index (χ2v) is 5.33. The first-order valence-corrected chi connectivity index (χ1v) is 7.73. The third kappa shape index (κ3) is 4.21. The maximum atomic E-state index is 12.4. The third-order valence-electron chi connectivity index (χ3n) is 3.51. The molecule has 0 radical (unpaired) electrons. The Labute approximate surface area is 135 Å². The van der Waals surface area contributed by atoms with E-state index in [1.54, 1.807) is 24.3 Å². The molecule has 1 saturated heterocycles. The fourth-order valence-corrected chi connectivity index (χ4v) is 2.17. The van der Waals surface area contributed by atoms with Gasteiger partial charge in [-0.15, -0.1) is 0 Å². The van der Waals surface area contributed by atoms with E-state index in [2.05, 4.69) is 0 Å². The first-order chi connectivity index (χ1) is 11.1. The molecule has 23 heavy (non-hydrogen) atoms. The molecule has 0 spiro atoms. The molecule has 0 N–H and O–H groups in total. The predicted molar refractivity (Wildman–Crippen MR) is 81.9 cm³/mol. The lowest BCUT2D eigenvalue weighted by Gasteiger charge is -2.33. The van der Waals surface area contributed by atoms with E-state index < -0.39 is 11.4 Å². The lowest BCUT2D eigenvalue weighted by atomic mass is 9.91. The van der Waals surface area contributed by atoms with Crippen LogP contribution >= 0.6 is 0 Å². The van der Waals surface area contributed by atoms with Gasteiger partial charge < -0.3 is 18.9 Å². The number of carbonyl (C=O) groups excluding carboxylic acids is 1. The number of hydrogen-bond acceptors (Lipinski definition) is 6. The number of nitrogens with zero attached hydrogens (tertiary/aromatic N) is 1. The normalized spacial score (nSPS) is 23.8. The Kier molecular flexibility index (Phi) is 5.97. The van der Waals surface area contributed by atoms with E-state index in [0.717, 1.165) is 12.8 Å². The number of ether oxygens (including phenoxy) is 4. The van der Waals surface area contributed by atoms with Gasteiger partial charge in [0.05, 0.1) is 25.9 Å². The van der Waals surface area contributed by atoms with Crippen LogP contribution in [0.2, 0.25) is 0 Å². The van der Waals surface area contributed by atoms with Crippen LogP contribution in [0.15, 0.2) is 24.3 Å². The molecule has 6 nitrogen and oxygen atoms in total. The van der Waals surface area contributed by atoms with Crippen molar-refractivity contribution >= 4 is 5.97 Å². The molecule has 1 heterocycles. The van der Waals surface area contributed by atoms with Crippen molar-refractivity contribution in [3.8, 4) is 17.6 Å². The molecule has 0 aromatic heterocycles. The minimum Gasteiger partial charge on any atom is -0.494 e. The third-order valence-corrected chi connectivity index (χ3v) is 3.51. The minimum absolute atomic E-state index is 0.0238. The highest BCUT2D eigenvalue weighted by Crippen LogP contribution is 2.28. The number of esters is 1. The summed E-state index contributed by atoms with van der Waals surface area (Å²) in [6.45, 7) is 4.41. The summed E-state index contributed by atoms with van der Waals surface area (Å²) in [5, 5.41) is 9.39. The van der Waals surface area contributed by atoms with E-state index in [0.29, 0.717) is 18.1 Å². The second-order valence-electron chi connectivity index (χ2n) is 5.33.